The van der Waals surface area contributed by atoms with Crippen LogP contribution in [0.5, 0.6) is 0 Å². The maximum Gasteiger partial charge on any atom is 0.223 e. The second kappa shape index (κ2) is 6.57. The zero-order valence-corrected chi connectivity index (χ0v) is 12.3. The van der Waals surface area contributed by atoms with E-state index in [9.17, 15) is 9.90 Å². The van der Waals surface area contributed by atoms with Gasteiger partial charge in [-0.25, -0.2) is 0 Å². The molecular weight excluding hydrogens is 289 g/mol. The number of aliphatic hydroxyl groups excluding tert-OH is 2. The van der Waals surface area contributed by atoms with Crippen molar-refractivity contribution in [3.05, 3.63) is 33.8 Å². The summed E-state index contributed by atoms with van der Waals surface area (Å²) >= 11 is 11.7. The van der Waals surface area contributed by atoms with Crippen LogP contribution in [0.3, 0.4) is 0 Å². The Kier molecular flexibility index (Phi) is 5.62. The van der Waals surface area contributed by atoms with Gasteiger partial charge in [-0.2, -0.15) is 0 Å². The van der Waals surface area contributed by atoms with Gasteiger partial charge in [-0.1, -0.05) is 23.2 Å². The van der Waals surface area contributed by atoms with E-state index in [4.69, 9.17) is 28.3 Å². The Bertz CT molecular complexity index is 443. The van der Waals surface area contributed by atoms with Crippen molar-refractivity contribution in [3.8, 4) is 0 Å². The van der Waals surface area contributed by atoms with Crippen LogP contribution >= 0.6 is 23.2 Å². The monoisotopic (exact) mass is 305 g/mol. The molecule has 0 aromatic heterocycles. The van der Waals surface area contributed by atoms with Gasteiger partial charge in [-0.3, -0.25) is 4.79 Å². The molecule has 0 spiro atoms. The van der Waals surface area contributed by atoms with E-state index in [1.807, 2.05) is 0 Å². The molecule has 3 N–H and O–H groups in total. The number of carbonyl (C=O) groups is 1. The Morgan fingerprint density at radius 2 is 1.84 bits per heavy atom. The number of benzene rings is 1. The molecule has 1 aromatic carbocycles. The number of carbonyl (C=O) groups excluding carboxylic acids is 1. The smallest absolute Gasteiger partial charge is 0.223 e. The normalized spacial score (nSPS) is 13.2. The van der Waals surface area contributed by atoms with Crippen LogP contribution in [0.4, 0.5) is 0 Å². The quantitative estimate of drug-likeness (QED) is 0.782. The molecule has 0 saturated carbocycles. The lowest BCUT2D eigenvalue weighted by Gasteiger charge is -2.24. The molecule has 106 valence electrons. The predicted molar refractivity (Wildman–Crippen MR) is 75.3 cm³/mol. The Morgan fingerprint density at radius 3 is 2.32 bits per heavy atom. The van der Waals surface area contributed by atoms with E-state index in [0.29, 0.717) is 15.6 Å². The first-order chi connectivity index (χ1) is 8.73. The van der Waals surface area contributed by atoms with Gasteiger partial charge in [0.05, 0.1) is 24.7 Å². The van der Waals surface area contributed by atoms with Gasteiger partial charge in [0.25, 0.3) is 0 Å². The largest absolute Gasteiger partial charge is 0.394 e. The van der Waals surface area contributed by atoms with Crippen LogP contribution in [0.25, 0.3) is 0 Å². The lowest BCUT2D eigenvalue weighted by atomic mass is 10.0. The van der Waals surface area contributed by atoms with E-state index in [1.165, 1.54) is 0 Å². The summed E-state index contributed by atoms with van der Waals surface area (Å²) in [6, 6.07) is 4.67. The fourth-order valence-corrected chi connectivity index (χ4v) is 2.07. The number of hydrogen-bond acceptors (Lipinski definition) is 3. The van der Waals surface area contributed by atoms with E-state index < -0.39 is 11.6 Å². The van der Waals surface area contributed by atoms with Crippen LogP contribution in [0, 0.1) is 0 Å². The van der Waals surface area contributed by atoms with Gasteiger partial charge in [0, 0.05) is 10.0 Å². The first kappa shape index (κ1) is 16.2. The average Bonchev–Trinajstić information content (AvgIpc) is 2.26. The molecule has 1 unspecified atom stereocenters. The Hall–Kier alpha value is -0.810. The fourth-order valence-electron chi connectivity index (χ4n) is 1.53. The summed E-state index contributed by atoms with van der Waals surface area (Å²) in [6.45, 7) is 3.19. The lowest BCUT2D eigenvalue weighted by molar-refractivity contribution is -0.125. The molecule has 0 aliphatic carbocycles. The fraction of sp³-hybridized carbons (Fsp3) is 0.462. The van der Waals surface area contributed by atoms with Gasteiger partial charge in [-0.15, -0.1) is 0 Å². The number of hydrogen-bond donors (Lipinski definition) is 3. The highest BCUT2D eigenvalue weighted by molar-refractivity contribution is 6.34. The third-order valence-electron chi connectivity index (χ3n) is 2.52. The minimum atomic E-state index is -0.995. The molecular formula is C13H17Cl2NO3. The number of nitrogens with one attached hydrogen (secondary N) is 1. The molecule has 0 aliphatic rings. The molecule has 1 rings (SSSR count). The number of halogens is 2. The Morgan fingerprint density at radius 1 is 1.32 bits per heavy atom. The maximum absolute atomic E-state index is 11.7. The van der Waals surface area contributed by atoms with Gasteiger partial charge < -0.3 is 15.5 Å². The molecule has 0 fully saturated rings. The van der Waals surface area contributed by atoms with Crippen molar-refractivity contribution >= 4 is 29.1 Å². The van der Waals surface area contributed by atoms with Gasteiger partial charge in [0.2, 0.25) is 5.91 Å². The third kappa shape index (κ3) is 5.37. The van der Waals surface area contributed by atoms with Gasteiger partial charge in [-0.05, 0) is 37.6 Å². The van der Waals surface area contributed by atoms with E-state index in [1.54, 1.807) is 32.0 Å². The molecule has 4 nitrogen and oxygen atoms in total. The zero-order valence-electron chi connectivity index (χ0n) is 10.8. The molecule has 0 saturated heterocycles. The molecule has 0 radical (unpaired) electrons. The molecule has 1 aromatic rings. The number of rotatable bonds is 5. The van der Waals surface area contributed by atoms with Crippen LogP contribution in [0.2, 0.25) is 10.0 Å². The second-order valence-corrected chi connectivity index (χ2v) is 5.89. The zero-order chi connectivity index (χ0) is 14.6. The van der Waals surface area contributed by atoms with E-state index in [2.05, 4.69) is 5.32 Å². The number of amides is 1. The lowest BCUT2D eigenvalue weighted by Crippen LogP contribution is -2.46. The van der Waals surface area contributed by atoms with Gasteiger partial charge >= 0.3 is 0 Å². The average molecular weight is 306 g/mol. The van der Waals surface area contributed by atoms with E-state index >= 15 is 0 Å². The van der Waals surface area contributed by atoms with Crippen molar-refractivity contribution in [2.24, 2.45) is 0 Å². The number of aliphatic hydroxyl groups is 2. The van der Waals surface area contributed by atoms with Gasteiger partial charge in [0.15, 0.2) is 0 Å². The van der Waals surface area contributed by atoms with Crippen molar-refractivity contribution in [2.75, 3.05) is 6.61 Å². The molecule has 0 aliphatic heterocycles. The highest BCUT2D eigenvalue weighted by Crippen LogP contribution is 2.25. The van der Waals surface area contributed by atoms with Crippen molar-refractivity contribution in [1.29, 1.82) is 0 Å². The van der Waals surface area contributed by atoms with Crippen LogP contribution in [-0.4, -0.2) is 28.3 Å². The SMILES string of the molecule is CC(C)(CO)NC(=O)CC(O)c1cc(Cl)cc(Cl)c1. The van der Waals surface area contributed by atoms with Crippen molar-refractivity contribution in [1.82, 2.24) is 5.32 Å². The molecule has 19 heavy (non-hydrogen) atoms. The minimum absolute atomic E-state index is 0.125. The molecule has 0 bridgehead atoms. The third-order valence-corrected chi connectivity index (χ3v) is 2.96. The van der Waals surface area contributed by atoms with Crippen LogP contribution in [0.15, 0.2) is 18.2 Å². The molecule has 1 atom stereocenters. The molecule has 1 amide bonds. The molecule has 0 heterocycles. The highest BCUT2D eigenvalue weighted by atomic mass is 35.5. The predicted octanol–water partition coefficient (Wildman–Crippen LogP) is 2.30. The van der Waals surface area contributed by atoms with E-state index in [0.717, 1.165) is 0 Å². The summed E-state index contributed by atoms with van der Waals surface area (Å²) in [5.74, 6) is -0.359. The highest BCUT2D eigenvalue weighted by Gasteiger charge is 2.21. The summed E-state index contributed by atoms with van der Waals surface area (Å²) in [7, 11) is 0. The van der Waals surface area contributed by atoms with Crippen molar-refractivity contribution in [3.63, 3.8) is 0 Å². The summed E-state index contributed by atoms with van der Waals surface area (Å²) in [5.41, 5.74) is -0.238. The second-order valence-electron chi connectivity index (χ2n) is 5.01. The summed E-state index contributed by atoms with van der Waals surface area (Å²) in [5, 5.41) is 22.4. The van der Waals surface area contributed by atoms with Crippen LogP contribution < -0.4 is 5.32 Å². The Balaban J connectivity index is 2.69. The van der Waals surface area contributed by atoms with Crippen molar-refractivity contribution in [2.45, 2.75) is 31.9 Å². The summed E-state index contributed by atoms with van der Waals surface area (Å²) in [6.07, 6.45) is -1.12. The van der Waals surface area contributed by atoms with Crippen molar-refractivity contribution < 1.29 is 15.0 Å². The van der Waals surface area contributed by atoms with Crippen LogP contribution in [0.1, 0.15) is 31.9 Å². The minimum Gasteiger partial charge on any atom is -0.394 e. The summed E-state index contributed by atoms with van der Waals surface area (Å²) < 4.78 is 0. The topological polar surface area (TPSA) is 69.6 Å². The van der Waals surface area contributed by atoms with Crippen LogP contribution in [-0.2, 0) is 4.79 Å². The first-order valence-corrected chi connectivity index (χ1v) is 6.55. The molecule has 6 heteroatoms. The Labute approximate surface area is 122 Å². The maximum atomic E-state index is 11.7. The van der Waals surface area contributed by atoms with Gasteiger partial charge in [0.1, 0.15) is 0 Å². The van der Waals surface area contributed by atoms with E-state index in [-0.39, 0.29) is 18.9 Å². The summed E-state index contributed by atoms with van der Waals surface area (Å²) in [4.78, 5) is 11.7. The first-order valence-electron chi connectivity index (χ1n) is 5.79. The standard InChI is InChI=1S/C13H17Cl2NO3/c1-13(2,7-17)16-12(19)6-11(18)8-3-9(14)5-10(15)4-8/h3-5,11,17-18H,6-7H2,1-2H3,(H,16,19).